The molecule has 0 radical (unpaired) electrons. The average molecular weight is 457 g/mol. The molecule has 0 bridgehead atoms. The highest BCUT2D eigenvalue weighted by Gasteiger charge is 2.22. The second-order valence-corrected chi connectivity index (χ2v) is 7.47. The maximum Gasteiger partial charge on any atom is 0.337 e. The van der Waals surface area contributed by atoms with E-state index in [1.165, 1.54) is 7.11 Å². The van der Waals surface area contributed by atoms with Gasteiger partial charge in [-0.2, -0.15) is 0 Å². The normalized spacial score (nSPS) is 12.9. The summed E-state index contributed by atoms with van der Waals surface area (Å²) in [5, 5.41) is 2.97. The molecule has 0 saturated carbocycles. The lowest BCUT2D eigenvalue weighted by molar-refractivity contribution is 0.0600. The molecule has 1 aliphatic rings. The lowest BCUT2D eigenvalue weighted by atomic mass is 10.1. The van der Waals surface area contributed by atoms with Crippen LogP contribution >= 0.6 is 0 Å². The van der Waals surface area contributed by atoms with Crippen LogP contribution < -0.4 is 24.4 Å². The van der Waals surface area contributed by atoms with Crippen LogP contribution in [0.4, 0.5) is 11.4 Å². The van der Waals surface area contributed by atoms with Crippen LogP contribution in [0.3, 0.4) is 0 Å². The summed E-state index contributed by atoms with van der Waals surface area (Å²) in [6, 6.07) is 8.51. The first kappa shape index (κ1) is 24.2. The number of hydrogen-bond acceptors (Lipinski definition) is 7. The van der Waals surface area contributed by atoms with Crippen molar-refractivity contribution in [3.63, 3.8) is 0 Å². The van der Waals surface area contributed by atoms with E-state index in [0.29, 0.717) is 53.9 Å². The van der Waals surface area contributed by atoms with E-state index in [4.69, 9.17) is 18.9 Å². The third kappa shape index (κ3) is 5.69. The number of nitrogens with zero attached hydrogens (tertiary/aromatic N) is 1. The molecule has 3 rings (SSSR count). The first-order valence-electron chi connectivity index (χ1n) is 11.4. The monoisotopic (exact) mass is 456 g/mol. The molecule has 1 heterocycles. The molecule has 0 aromatic heterocycles. The topological polar surface area (TPSA) is 86.3 Å². The molecule has 1 fully saturated rings. The average Bonchev–Trinajstić information content (AvgIpc) is 3.35. The zero-order valence-corrected chi connectivity index (χ0v) is 19.7. The highest BCUT2D eigenvalue weighted by molar-refractivity contribution is 6.07. The molecule has 0 aliphatic carbocycles. The van der Waals surface area contributed by atoms with E-state index >= 15 is 0 Å². The molecule has 2 aromatic carbocycles. The van der Waals surface area contributed by atoms with Gasteiger partial charge in [0.05, 0.1) is 43.9 Å². The fraction of sp³-hybridized carbons (Fsp3) is 0.440. The van der Waals surface area contributed by atoms with E-state index < -0.39 is 5.97 Å². The Hall–Kier alpha value is -3.42. The Balaban J connectivity index is 1.99. The molecule has 0 atom stereocenters. The number of ether oxygens (including phenoxy) is 4. The molecule has 1 amide bonds. The number of hydrogen-bond donors (Lipinski definition) is 1. The predicted molar refractivity (Wildman–Crippen MR) is 127 cm³/mol. The molecule has 33 heavy (non-hydrogen) atoms. The van der Waals surface area contributed by atoms with Crippen LogP contribution in [0, 0.1) is 0 Å². The maximum atomic E-state index is 13.3. The van der Waals surface area contributed by atoms with E-state index in [2.05, 4.69) is 10.2 Å². The van der Waals surface area contributed by atoms with Gasteiger partial charge in [-0.15, -0.1) is 0 Å². The van der Waals surface area contributed by atoms with Crippen molar-refractivity contribution in [2.75, 3.05) is 50.2 Å². The lowest BCUT2D eigenvalue weighted by Gasteiger charge is -2.22. The van der Waals surface area contributed by atoms with Crippen LogP contribution in [0.1, 0.15) is 54.3 Å². The molecule has 1 saturated heterocycles. The highest BCUT2D eigenvalue weighted by atomic mass is 16.5. The first-order chi connectivity index (χ1) is 16.0. The van der Waals surface area contributed by atoms with Crippen molar-refractivity contribution in [1.82, 2.24) is 0 Å². The van der Waals surface area contributed by atoms with Crippen molar-refractivity contribution >= 4 is 23.3 Å². The quantitative estimate of drug-likeness (QED) is 0.526. The van der Waals surface area contributed by atoms with Gasteiger partial charge in [0.25, 0.3) is 5.91 Å². The second-order valence-electron chi connectivity index (χ2n) is 7.47. The van der Waals surface area contributed by atoms with Crippen molar-refractivity contribution in [2.24, 2.45) is 0 Å². The molecular weight excluding hydrogens is 424 g/mol. The standard InChI is InChI=1S/C25H32N2O6/c1-5-31-21-15-18(16-22(32-6-2)23(21)33-7-3)24(28)26-19-14-17(25(29)30-4)10-11-20(19)27-12-8-9-13-27/h10-11,14-16H,5-9,12-13H2,1-4H3,(H,26,28). The van der Waals surface area contributed by atoms with E-state index in [0.717, 1.165) is 31.6 Å². The van der Waals surface area contributed by atoms with Gasteiger partial charge < -0.3 is 29.2 Å². The van der Waals surface area contributed by atoms with Crippen LogP contribution in [0.5, 0.6) is 17.2 Å². The second kappa shape index (κ2) is 11.4. The lowest BCUT2D eigenvalue weighted by Crippen LogP contribution is -2.22. The number of carbonyl (C=O) groups excluding carboxylic acids is 2. The summed E-state index contributed by atoms with van der Waals surface area (Å²) in [5.41, 5.74) is 2.15. The van der Waals surface area contributed by atoms with Crippen LogP contribution in [-0.4, -0.2) is 51.9 Å². The Morgan fingerprint density at radius 3 is 2.03 bits per heavy atom. The van der Waals surface area contributed by atoms with Gasteiger partial charge in [0.1, 0.15) is 0 Å². The summed E-state index contributed by atoms with van der Waals surface area (Å²) in [6.45, 7) is 8.66. The Morgan fingerprint density at radius 2 is 1.48 bits per heavy atom. The fourth-order valence-corrected chi connectivity index (χ4v) is 3.83. The van der Waals surface area contributed by atoms with Gasteiger partial charge in [-0.1, -0.05) is 0 Å². The Bertz CT molecular complexity index is 958. The first-order valence-corrected chi connectivity index (χ1v) is 11.4. The van der Waals surface area contributed by atoms with Gasteiger partial charge >= 0.3 is 5.97 Å². The van der Waals surface area contributed by atoms with E-state index in [1.54, 1.807) is 24.3 Å². The van der Waals surface area contributed by atoms with Gasteiger partial charge in [0.15, 0.2) is 11.5 Å². The molecule has 0 unspecified atom stereocenters. The van der Waals surface area contributed by atoms with Crippen LogP contribution in [0.15, 0.2) is 30.3 Å². The smallest absolute Gasteiger partial charge is 0.337 e. The van der Waals surface area contributed by atoms with Crippen LogP contribution in [0.2, 0.25) is 0 Å². The number of rotatable bonds is 10. The van der Waals surface area contributed by atoms with Crippen LogP contribution in [-0.2, 0) is 4.74 Å². The Morgan fingerprint density at radius 1 is 0.879 bits per heavy atom. The minimum absolute atomic E-state index is 0.345. The summed E-state index contributed by atoms with van der Waals surface area (Å²) < 4.78 is 22.0. The van der Waals surface area contributed by atoms with Gasteiger partial charge in [0.2, 0.25) is 5.75 Å². The van der Waals surface area contributed by atoms with Gasteiger partial charge in [-0.3, -0.25) is 4.79 Å². The van der Waals surface area contributed by atoms with Crippen molar-refractivity contribution in [1.29, 1.82) is 0 Å². The third-order valence-corrected chi connectivity index (χ3v) is 5.28. The van der Waals surface area contributed by atoms with Gasteiger partial charge in [-0.25, -0.2) is 4.79 Å². The number of benzene rings is 2. The summed E-state index contributed by atoms with van der Waals surface area (Å²) >= 11 is 0. The molecule has 1 aliphatic heterocycles. The summed E-state index contributed by atoms with van der Waals surface area (Å²) in [4.78, 5) is 27.6. The zero-order chi connectivity index (χ0) is 23.8. The number of methoxy groups -OCH3 is 1. The van der Waals surface area contributed by atoms with Crippen molar-refractivity contribution in [3.05, 3.63) is 41.5 Å². The molecule has 0 spiro atoms. The summed E-state index contributed by atoms with van der Waals surface area (Å²) in [7, 11) is 1.33. The number of carbonyl (C=O) groups is 2. The minimum atomic E-state index is -0.461. The number of anilines is 2. The Kier molecular flexibility index (Phi) is 8.40. The predicted octanol–water partition coefficient (Wildman–Crippen LogP) is 4.52. The van der Waals surface area contributed by atoms with E-state index in [1.807, 2.05) is 26.8 Å². The number of nitrogens with one attached hydrogen (secondary N) is 1. The van der Waals surface area contributed by atoms with E-state index in [9.17, 15) is 9.59 Å². The highest BCUT2D eigenvalue weighted by Crippen LogP contribution is 2.39. The van der Waals surface area contributed by atoms with Crippen LogP contribution in [0.25, 0.3) is 0 Å². The van der Waals surface area contributed by atoms with Crippen molar-refractivity contribution in [2.45, 2.75) is 33.6 Å². The largest absolute Gasteiger partial charge is 0.490 e. The number of amides is 1. The molecule has 2 aromatic rings. The van der Waals surface area contributed by atoms with E-state index in [-0.39, 0.29) is 5.91 Å². The molecular formula is C25H32N2O6. The summed E-state index contributed by atoms with van der Waals surface area (Å²) in [5.74, 6) is 0.555. The minimum Gasteiger partial charge on any atom is -0.490 e. The fourth-order valence-electron chi connectivity index (χ4n) is 3.83. The molecule has 178 valence electrons. The Labute approximate surface area is 194 Å². The van der Waals surface area contributed by atoms with Crippen molar-refractivity contribution in [3.8, 4) is 17.2 Å². The van der Waals surface area contributed by atoms with Gasteiger partial charge in [0, 0.05) is 18.7 Å². The SMILES string of the molecule is CCOc1cc(C(=O)Nc2cc(C(=O)OC)ccc2N2CCCC2)cc(OCC)c1OCC. The molecule has 8 nitrogen and oxygen atoms in total. The van der Waals surface area contributed by atoms with Crippen molar-refractivity contribution < 1.29 is 28.5 Å². The maximum absolute atomic E-state index is 13.3. The summed E-state index contributed by atoms with van der Waals surface area (Å²) in [6.07, 6.45) is 2.17. The van der Waals surface area contributed by atoms with Gasteiger partial charge in [-0.05, 0) is 63.9 Å². The number of esters is 1. The zero-order valence-electron chi connectivity index (χ0n) is 19.7. The molecule has 1 N–H and O–H groups in total. The third-order valence-electron chi connectivity index (χ3n) is 5.28. The molecule has 8 heteroatoms.